The molecule has 2 amide bonds. The van der Waals surface area contributed by atoms with E-state index in [9.17, 15) is 9.59 Å². The molecule has 1 heterocycles. The summed E-state index contributed by atoms with van der Waals surface area (Å²) >= 11 is 0. The summed E-state index contributed by atoms with van der Waals surface area (Å²) in [6.45, 7) is 1.42. The summed E-state index contributed by atoms with van der Waals surface area (Å²) in [5.74, 6) is 0.111. The number of benzene rings is 1. The van der Waals surface area contributed by atoms with Gasteiger partial charge in [-0.25, -0.2) is 0 Å². The van der Waals surface area contributed by atoms with Gasteiger partial charge >= 0.3 is 0 Å². The smallest absolute Gasteiger partial charge is 0.232 e. The van der Waals surface area contributed by atoms with Gasteiger partial charge < -0.3 is 21.1 Å². The van der Waals surface area contributed by atoms with E-state index in [1.165, 1.54) is 6.42 Å². The number of amides is 2. The normalized spacial score (nSPS) is 20.3. The maximum atomic E-state index is 12.8. The predicted octanol–water partition coefficient (Wildman–Crippen LogP) is 2.90. The fourth-order valence-corrected chi connectivity index (χ4v) is 3.83. The van der Waals surface area contributed by atoms with Crippen molar-refractivity contribution in [3.63, 3.8) is 0 Å². The van der Waals surface area contributed by atoms with Gasteiger partial charge in [0.25, 0.3) is 0 Å². The van der Waals surface area contributed by atoms with Gasteiger partial charge in [-0.3, -0.25) is 9.59 Å². The Morgan fingerprint density at radius 2 is 1.73 bits per heavy atom. The Bertz CT molecular complexity index is 635. The maximum Gasteiger partial charge on any atom is 0.232 e. The van der Waals surface area contributed by atoms with Gasteiger partial charge in [0.15, 0.2) is 0 Å². The van der Waals surface area contributed by atoms with Crippen molar-refractivity contribution in [3.8, 4) is 0 Å². The minimum absolute atomic E-state index is 0.0703. The third kappa shape index (κ3) is 4.43. The van der Waals surface area contributed by atoms with E-state index in [4.69, 9.17) is 10.5 Å². The van der Waals surface area contributed by atoms with Crippen LogP contribution in [0.3, 0.4) is 0 Å². The monoisotopic (exact) mass is 359 g/mol. The molecule has 2 aliphatic rings. The van der Waals surface area contributed by atoms with Crippen LogP contribution in [-0.4, -0.2) is 31.6 Å². The first-order valence-electron chi connectivity index (χ1n) is 9.63. The molecule has 0 unspecified atom stereocenters. The number of hydrogen-bond acceptors (Lipinski definition) is 4. The molecule has 0 aromatic heterocycles. The van der Waals surface area contributed by atoms with Crippen LogP contribution < -0.4 is 16.4 Å². The summed E-state index contributed by atoms with van der Waals surface area (Å²) < 4.78 is 5.36. The van der Waals surface area contributed by atoms with E-state index in [1.807, 2.05) is 24.3 Å². The largest absolute Gasteiger partial charge is 0.381 e. The zero-order valence-electron chi connectivity index (χ0n) is 15.3. The zero-order chi connectivity index (χ0) is 18.4. The Kier molecular flexibility index (Phi) is 6.27. The van der Waals surface area contributed by atoms with Crippen molar-refractivity contribution in [2.75, 3.05) is 30.4 Å². The minimum Gasteiger partial charge on any atom is -0.381 e. The van der Waals surface area contributed by atoms with Gasteiger partial charge in [-0.2, -0.15) is 0 Å². The maximum absolute atomic E-state index is 12.8. The van der Waals surface area contributed by atoms with Crippen LogP contribution in [0, 0.1) is 11.3 Å². The molecule has 6 nitrogen and oxygen atoms in total. The lowest BCUT2D eigenvalue weighted by Crippen LogP contribution is -2.46. The van der Waals surface area contributed by atoms with Crippen molar-refractivity contribution in [1.82, 2.24) is 0 Å². The van der Waals surface area contributed by atoms with Gasteiger partial charge in [0.1, 0.15) is 0 Å². The molecule has 1 aliphatic heterocycles. The molecule has 3 rings (SSSR count). The van der Waals surface area contributed by atoms with Crippen LogP contribution >= 0.6 is 0 Å². The first-order valence-corrected chi connectivity index (χ1v) is 9.63. The number of carbonyl (C=O) groups is 2. The highest BCUT2D eigenvalue weighted by atomic mass is 16.5. The predicted molar refractivity (Wildman–Crippen MR) is 102 cm³/mol. The molecular weight excluding hydrogens is 330 g/mol. The summed E-state index contributed by atoms with van der Waals surface area (Å²) in [4.78, 5) is 25.2. The molecule has 1 aromatic rings. The van der Waals surface area contributed by atoms with Crippen LogP contribution in [0.4, 0.5) is 11.4 Å². The standard InChI is InChI=1S/C20H29N3O3/c21-14-20(9-11-26-12-10-20)19(25)23-17-8-4-7-16(13-17)22-18(24)15-5-2-1-3-6-15/h4,7-8,13,15H,1-3,5-6,9-12,14,21H2,(H,22,24)(H,23,25). The van der Waals surface area contributed by atoms with E-state index in [2.05, 4.69) is 10.6 Å². The third-order valence-electron chi connectivity index (χ3n) is 5.69. The quantitative estimate of drug-likeness (QED) is 0.753. The van der Waals surface area contributed by atoms with Gasteiger partial charge in [-0.1, -0.05) is 25.3 Å². The number of rotatable bonds is 5. The number of ether oxygens (including phenoxy) is 1. The Labute approximate surface area is 154 Å². The van der Waals surface area contributed by atoms with Gasteiger partial charge in [-0.15, -0.1) is 0 Å². The lowest BCUT2D eigenvalue weighted by molar-refractivity contribution is -0.130. The second-order valence-electron chi connectivity index (χ2n) is 7.46. The Morgan fingerprint density at radius 1 is 1.08 bits per heavy atom. The molecule has 4 N–H and O–H groups in total. The summed E-state index contributed by atoms with van der Waals surface area (Å²) in [6, 6.07) is 7.33. The summed E-state index contributed by atoms with van der Waals surface area (Å²) in [6.07, 6.45) is 6.66. The lowest BCUT2D eigenvalue weighted by atomic mass is 9.79. The number of nitrogens with two attached hydrogens (primary N) is 1. The van der Waals surface area contributed by atoms with E-state index in [0.717, 1.165) is 25.7 Å². The van der Waals surface area contributed by atoms with Gasteiger partial charge in [0.05, 0.1) is 5.41 Å². The van der Waals surface area contributed by atoms with E-state index >= 15 is 0 Å². The minimum atomic E-state index is -0.570. The Hall–Kier alpha value is -1.92. The van der Waals surface area contributed by atoms with Gasteiger partial charge in [0, 0.05) is 37.1 Å². The van der Waals surface area contributed by atoms with E-state index in [0.29, 0.717) is 44.0 Å². The molecule has 1 saturated carbocycles. The number of anilines is 2. The molecule has 26 heavy (non-hydrogen) atoms. The first kappa shape index (κ1) is 18.9. The van der Waals surface area contributed by atoms with Gasteiger partial charge in [0.2, 0.25) is 11.8 Å². The second kappa shape index (κ2) is 8.64. The average Bonchev–Trinajstić information content (AvgIpc) is 2.69. The molecule has 2 fully saturated rings. The van der Waals surface area contributed by atoms with Crippen molar-refractivity contribution in [2.45, 2.75) is 44.9 Å². The first-order chi connectivity index (χ1) is 12.6. The van der Waals surface area contributed by atoms with Crippen molar-refractivity contribution in [2.24, 2.45) is 17.1 Å². The highest BCUT2D eigenvalue weighted by molar-refractivity contribution is 5.97. The molecule has 0 atom stereocenters. The molecule has 0 radical (unpaired) electrons. The van der Waals surface area contributed by atoms with E-state index in [-0.39, 0.29) is 17.7 Å². The molecule has 1 aliphatic carbocycles. The Balaban J connectivity index is 1.63. The van der Waals surface area contributed by atoms with Crippen LogP contribution in [0.1, 0.15) is 44.9 Å². The zero-order valence-corrected chi connectivity index (χ0v) is 15.3. The average molecular weight is 359 g/mol. The van der Waals surface area contributed by atoms with E-state index < -0.39 is 5.41 Å². The van der Waals surface area contributed by atoms with Crippen LogP contribution in [0.2, 0.25) is 0 Å². The number of carbonyl (C=O) groups excluding carboxylic acids is 2. The number of hydrogen-bond donors (Lipinski definition) is 3. The number of nitrogens with one attached hydrogen (secondary N) is 2. The third-order valence-corrected chi connectivity index (χ3v) is 5.69. The van der Waals surface area contributed by atoms with Crippen LogP contribution in [0.25, 0.3) is 0 Å². The molecule has 0 bridgehead atoms. The van der Waals surface area contributed by atoms with E-state index in [1.54, 1.807) is 0 Å². The molecule has 1 aromatic carbocycles. The molecule has 0 spiro atoms. The topological polar surface area (TPSA) is 93.5 Å². The van der Waals surface area contributed by atoms with Crippen molar-refractivity contribution in [1.29, 1.82) is 0 Å². The molecule has 1 saturated heterocycles. The highest BCUT2D eigenvalue weighted by Gasteiger charge is 2.38. The summed E-state index contributed by atoms with van der Waals surface area (Å²) in [5, 5.41) is 5.96. The fourth-order valence-electron chi connectivity index (χ4n) is 3.83. The highest BCUT2D eigenvalue weighted by Crippen LogP contribution is 2.31. The van der Waals surface area contributed by atoms with Gasteiger partial charge in [-0.05, 0) is 43.9 Å². The van der Waals surface area contributed by atoms with Crippen LogP contribution in [-0.2, 0) is 14.3 Å². The molecule has 6 heteroatoms. The SMILES string of the molecule is NCC1(C(=O)Nc2cccc(NC(=O)C3CCCCC3)c2)CCOCC1. The Morgan fingerprint density at radius 3 is 2.38 bits per heavy atom. The fraction of sp³-hybridized carbons (Fsp3) is 0.600. The van der Waals surface area contributed by atoms with Crippen molar-refractivity contribution in [3.05, 3.63) is 24.3 Å². The molecular formula is C20H29N3O3. The molecule has 142 valence electrons. The summed E-state index contributed by atoms with van der Waals surface area (Å²) in [7, 11) is 0. The van der Waals surface area contributed by atoms with Crippen molar-refractivity contribution < 1.29 is 14.3 Å². The lowest BCUT2D eigenvalue weighted by Gasteiger charge is -2.34. The summed E-state index contributed by atoms with van der Waals surface area (Å²) in [5.41, 5.74) is 6.72. The van der Waals surface area contributed by atoms with Crippen molar-refractivity contribution >= 4 is 23.2 Å². The van der Waals surface area contributed by atoms with Crippen LogP contribution in [0.15, 0.2) is 24.3 Å². The van der Waals surface area contributed by atoms with Crippen LogP contribution in [0.5, 0.6) is 0 Å². The second-order valence-corrected chi connectivity index (χ2v) is 7.46.